The Morgan fingerprint density at radius 1 is 1.17 bits per heavy atom. The number of likely N-dealkylation sites (N-methyl/N-ethyl adjacent to an activating group) is 1. The highest BCUT2D eigenvalue weighted by molar-refractivity contribution is 5.57. The average molecular weight is 415 g/mol. The topological polar surface area (TPSA) is 70.9 Å². The van der Waals surface area contributed by atoms with Gasteiger partial charge in [-0.3, -0.25) is 4.98 Å². The van der Waals surface area contributed by atoms with Gasteiger partial charge in [-0.25, -0.2) is 9.97 Å². The van der Waals surface area contributed by atoms with E-state index in [0.29, 0.717) is 12.1 Å². The van der Waals surface area contributed by atoms with Gasteiger partial charge in [0.25, 0.3) is 0 Å². The molecular formula is C20H20F3N7. The van der Waals surface area contributed by atoms with Crippen LogP contribution >= 0.6 is 0 Å². The van der Waals surface area contributed by atoms with Crippen molar-refractivity contribution in [3.8, 4) is 11.4 Å². The van der Waals surface area contributed by atoms with Crippen LogP contribution < -0.4 is 9.80 Å². The number of hydrogen-bond acceptors (Lipinski definition) is 7. The molecule has 0 saturated carbocycles. The number of pyridine rings is 1. The predicted molar refractivity (Wildman–Crippen MR) is 106 cm³/mol. The Balaban J connectivity index is 1.62. The molecule has 0 N–H and O–H groups in total. The molecule has 4 heterocycles. The maximum Gasteiger partial charge on any atom is 0.433 e. The van der Waals surface area contributed by atoms with Crippen molar-refractivity contribution in [2.24, 2.45) is 0 Å². The van der Waals surface area contributed by atoms with Gasteiger partial charge in [-0.15, -0.1) is 5.10 Å². The number of halogens is 3. The van der Waals surface area contributed by atoms with E-state index < -0.39 is 11.9 Å². The summed E-state index contributed by atoms with van der Waals surface area (Å²) in [6.45, 7) is 1.33. The zero-order chi connectivity index (χ0) is 21.1. The number of alkyl halides is 3. The van der Waals surface area contributed by atoms with Crippen molar-refractivity contribution < 1.29 is 13.2 Å². The standard InChI is InChI=1S/C20H20F3N7/c1-29(13-15-6-4-10-30(15)17-7-3-9-25-28-17)18-11-16(20(21,22)23)26-19(27-18)14-5-2-8-24-12-14/h2-3,5,7-9,11-12,15H,4,6,10,13H2,1H3. The number of nitrogens with zero attached hydrogens (tertiary/aromatic N) is 7. The van der Waals surface area contributed by atoms with Gasteiger partial charge in [-0.05, 0) is 37.1 Å². The Morgan fingerprint density at radius 3 is 2.70 bits per heavy atom. The second-order valence-electron chi connectivity index (χ2n) is 7.13. The van der Waals surface area contributed by atoms with Gasteiger partial charge < -0.3 is 9.80 Å². The van der Waals surface area contributed by atoms with Crippen molar-refractivity contribution in [2.45, 2.75) is 25.1 Å². The lowest BCUT2D eigenvalue weighted by atomic mass is 10.2. The SMILES string of the molecule is CN(CC1CCCN1c1cccnn1)c1cc(C(F)(F)F)nc(-c2cccnc2)n1. The summed E-state index contributed by atoms with van der Waals surface area (Å²) in [6, 6.07) is 8.07. The Hall–Kier alpha value is -3.30. The third-order valence-corrected chi connectivity index (χ3v) is 5.03. The summed E-state index contributed by atoms with van der Waals surface area (Å²) in [5, 5.41) is 8.10. The molecule has 0 bridgehead atoms. The van der Waals surface area contributed by atoms with E-state index in [-0.39, 0.29) is 17.7 Å². The first-order chi connectivity index (χ1) is 14.4. The van der Waals surface area contributed by atoms with Gasteiger partial charge in [0.15, 0.2) is 17.3 Å². The van der Waals surface area contributed by atoms with Crippen molar-refractivity contribution >= 4 is 11.6 Å². The smallest absolute Gasteiger partial charge is 0.357 e. The van der Waals surface area contributed by atoms with E-state index in [1.807, 2.05) is 12.1 Å². The fourth-order valence-corrected chi connectivity index (χ4v) is 3.58. The lowest BCUT2D eigenvalue weighted by Gasteiger charge is -2.30. The van der Waals surface area contributed by atoms with Gasteiger partial charge in [-0.2, -0.15) is 18.3 Å². The molecule has 1 unspecified atom stereocenters. The molecule has 0 aliphatic carbocycles. The number of anilines is 2. The quantitative estimate of drug-likeness (QED) is 0.632. The van der Waals surface area contributed by atoms with E-state index in [2.05, 4.69) is 30.0 Å². The second-order valence-corrected chi connectivity index (χ2v) is 7.13. The monoisotopic (exact) mass is 415 g/mol. The Morgan fingerprint density at radius 2 is 2.00 bits per heavy atom. The molecule has 3 aromatic rings. The summed E-state index contributed by atoms with van der Waals surface area (Å²) < 4.78 is 40.4. The molecule has 1 aliphatic rings. The molecule has 1 fully saturated rings. The first kappa shape index (κ1) is 20.0. The Kier molecular flexibility index (Phi) is 5.47. The van der Waals surface area contributed by atoms with Crippen LogP contribution in [0.2, 0.25) is 0 Å². The average Bonchev–Trinajstić information content (AvgIpc) is 3.22. The van der Waals surface area contributed by atoms with Crippen LogP contribution in [0.1, 0.15) is 18.5 Å². The zero-order valence-corrected chi connectivity index (χ0v) is 16.3. The summed E-state index contributed by atoms with van der Waals surface area (Å²) >= 11 is 0. The van der Waals surface area contributed by atoms with Gasteiger partial charge in [0.2, 0.25) is 0 Å². The highest BCUT2D eigenvalue weighted by Crippen LogP contribution is 2.32. The normalized spacial score (nSPS) is 16.7. The maximum atomic E-state index is 13.5. The highest BCUT2D eigenvalue weighted by Gasteiger charge is 2.35. The fourth-order valence-electron chi connectivity index (χ4n) is 3.58. The number of rotatable bonds is 5. The van der Waals surface area contributed by atoms with Crippen molar-refractivity contribution in [3.05, 3.63) is 54.6 Å². The first-order valence-electron chi connectivity index (χ1n) is 9.54. The highest BCUT2D eigenvalue weighted by atomic mass is 19.4. The third kappa shape index (κ3) is 4.32. The molecule has 1 aliphatic heterocycles. The third-order valence-electron chi connectivity index (χ3n) is 5.03. The van der Waals surface area contributed by atoms with Crippen LogP contribution in [0.4, 0.5) is 24.8 Å². The largest absolute Gasteiger partial charge is 0.433 e. The molecule has 1 saturated heterocycles. The lowest BCUT2D eigenvalue weighted by molar-refractivity contribution is -0.141. The lowest BCUT2D eigenvalue weighted by Crippen LogP contribution is -2.39. The summed E-state index contributed by atoms with van der Waals surface area (Å²) in [6.07, 6.45) is 1.92. The van der Waals surface area contributed by atoms with E-state index in [1.165, 1.54) is 6.20 Å². The molecule has 10 heteroatoms. The van der Waals surface area contributed by atoms with Crippen LogP contribution in [0.3, 0.4) is 0 Å². The Labute approximate surface area is 171 Å². The van der Waals surface area contributed by atoms with E-state index in [1.54, 1.807) is 36.5 Å². The minimum Gasteiger partial charge on any atom is -0.357 e. The molecule has 1 atom stereocenters. The second kappa shape index (κ2) is 8.21. The van der Waals surface area contributed by atoms with E-state index >= 15 is 0 Å². The van der Waals surface area contributed by atoms with Gasteiger partial charge in [0.05, 0.1) is 0 Å². The molecule has 0 aromatic carbocycles. The minimum absolute atomic E-state index is 0.00280. The van der Waals surface area contributed by atoms with Crippen LogP contribution in [-0.4, -0.2) is 51.3 Å². The van der Waals surface area contributed by atoms with Crippen LogP contribution in [0.15, 0.2) is 48.9 Å². The molecule has 0 radical (unpaired) electrons. The molecule has 30 heavy (non-hydrogen) atoms. The zero-order valence-electron chi connectivity index (χ0n) is 16.3. The van der Waals surface area contributed by atoms with Crippen LogP contribution in [-0.2, 0) is 6.18 Å². The van der Waals surface area contributed by atoms with Crippen molar-refractivity contribution in [1.29, 1.82) is 0 Å². The van der Waals surface area contributed by atoms with Crippen LogP contribution in [0.25, 0.3) is 11.4 Å². The molecule has 156 valence electrons. The molecule has 4 rings (SSSR count). The van der Waals surface area contributed by atoms with Crippen LogP contribution in [0.5, 0.6) is 0 Å². The fraction of sp³-hybridized carbons (Fsp3) is 0.350. The summed E-state index contributed by atoms with van der Waals surface area (Å²) in [5.41, 5.74) is -0.546. The van der Waals surface area contributed by atoms with Gasteiger partial charge in [0, 0.05) is 56.4 Å². The van der Waals surface area contributed by atoms with Gasteiger partial charge in [-0.1, -0.05) is 0 Å². The first-order valence-corrected chi connectivity index (χ1v) is 9.54. The maximum absolute atomic E-state index is 13.5. The molecular weight excluding hydrogens is 395 g/mol. The summed E-state index contributed by atoms with van der Waals surface area (Å²) in [5.74, 6) is 0.974. The summed E-state index contributed by atoms with van der Waals surface area (Å²) in [7, 11) is 1.74. The molecule has 0 spiro atoms. The molecule has 7 nitrogen and oxygen atoms in total. The van der Waals surface area contributed by atoms with Gasteiger partial charge in [0.1, 0.15) is 5.82 Å². The van der Waals surface area contributed by atoms with Crippen molar-refractivity contribution in [1.82, 2.24) is 25.1 Å². The van der Waals surface area contributed by atoms with Crippen LogP contribution in [0, 0.1) is 0 Å². The summed E-state index contributed by atoms with van der Waals surface area (Å²) in [4.78, 5) is 15.9. The van der Waals surface area contributed by atoms with E-state index in [4.69, 9.17) is 0 Å². The van der Waals surface area contributed by atoms with E-state index in [9.17, 15) is 13.2 Å². The van der Waals surface area contributed by atoms with Gasteiger partial charge >= 0.3 is 6.18 Å². The van der Waals surface area contributed by atoms with Crippen molar-refractivity contribution in [2.75, 3.05) is 29.9 Å². The number of hydrogen-bond donors (Lipinski definition) is 0. The van der Waals surface area contributed by atoms with E-state index in [0.717, 1.165) is 31.3 Å². The molecule has 0 amide bonds. The number of aromatic nitrogens is 5. The minimum atomic E-state index is -4.57. The predicted octanol–water partition coefficient (Wildman–Crippen LogP) is 3.45. The Bertz CT molecular complexity index is 983. The van der Waals surface area contributed by atoms with Crippen molar-refractivity contribution in [3.63, 3.8) is 0 Å². The molecule has 3 aromatic heterocycles.